The summed E-state index contributed by atoms with van der Waals surface area (Å²) in [6, 6.07) is 20.5. The van der Waals surface area contributed by atoms with Gasteiger partial charge < -0.3 is 19.5 Å². The Kier molecular flexibility index (Phi) is 6.93. The van der Waals surface area contributed by atoms with E-state index in [0.29, 0.717) is 22.9 Å². The van der Waals surface area contributed by atoms with Crippen molar-refractivity contribution in [3.8, 4) is 17.2 Å². The van der Waals surface area contributed by atoms with E-state index in [9.17, 15) is 13.2 Å². The second-order valence-electron chi connectivity index (χ2n) is 7.74. The third-order valence-corrected chi connectivity index (χ3v) is 7.14. The van der Waals surface area contributed by atoms with Crippen LogP contribution in [0.3, 0.4) is 0 Å². The van der Waals surface area contributed by atoms with Crippen molar-refractivity contribution in [1.82, 2.24) is 5.32 Å². The first-order valence-corrected chi connectivity index (χ1v) is 12.2. The number of carbonyl (C=O) groups is 1. The number of ether oxygens (including phenoxy) is 3. The molecule has 8 nitrogen and oxygen atoms in total. The molecule has 0 radical (unpaired) electrons. The van der Waals surface area contributed by atoms with Crippen molar-refractivity contribution >= 4 is 21.6 Å². The van der Waals surface area contributed by atoms with Crippen LogP contribution >= 0.6 is 0 Å². The summed E-state index contributed by atoms with van der Waals surface area (Å²) in [5.74, 6) is 1.20. The average molecular weight is 483 g/mol. The largest absolute Gasteiger partial charge is 0.497 e. The third-order valence-electron chi connectivity index (χ3n) is 5.35. The number of methoxy groups -OCH3 is 1. The lowest BCUT2D eigenvalue weighted by Gasteiger charge is -2.34. The number of nitrogens with one attached hydrogen (secondary N) is 1. The first-order chi connectivity index (χ1) is 16.4. The fourth-order valence-corrected chi connectivity index (χ4v) is 5.03. The van der Waals surface area contributed by atoms with Gasteiger partial charge in [0, 0.05) is 6.07 Å². The van der Waals surface area contributed by atoms with Crippen LogP contribution in [0.4, 0.5) is 5.69 Å². The van der Waals surface area contributed by atoms with E-state index in [0.717, 1.165) is 5.56 Å². The Labute approximate surface area is 199 Å². The molecular weight excluding hydrogens is 456 g/mol. The molecule has 1 aliphatic heterocycles. The van der Waals surface area contributed by atoms with E-state index < -0.39 is 22.0 Å². The summed E-state index contributed by atoms with van der Waals surface area (Å²) < 4.78 is 44.7. The lowest BCUT2D eigenvalue weighted by Crippen LogP contribution is -2.51. The van der Waals surface area contributed by atoms with Crippen LogP contribution in [0.25, 0.3) is 0 Å². The maximum absolute atomic E-state index is 13.4. The first kappa shape index (κ1) is 23.4. The van der Waals surface area contributed by atoms with Crippen LogP contribution in [0.15, 0.2) is 77.7 Å². The maximum Gasteiger partial charge on any atom is 0.264 e. The van der Waals surface area contributed by atoms with Gasteiger partial charge in [-0.2, -0.15) is 0 Å². The molecule has 0 aromatic heterocycles. The number of benzene rings is 3. The number of hydrogen-bond acceptors (Lipinski definition) is 6. The van der Waals surface area contributed by atoms with Crippen LogP contribution in [0.1, 0.15) is 5.56 Å². The summed E-state index contributed by atoms with van der Waals surface area (Å²) in [6.45, 7) is 2.20. The topological polar surface area (TPSA) is 94.2 Å². The molecule has 1 atom stereocenters. The molecule has 0 unspecified atom stereocenters. The Balaban J connectivity index is 1.44. The quantitative estimate of drug-likeness (QED) is 0.496. The Bertz CT molecular complexity index is 1260. The van der Waals surface area contributed by atoms with Crippen molar-refractivity contribution in [2.24, 2.45) is 0 Å². The number of carbonyl (C=O) groups excluding carboxylic acids is 1. The van der Waals surface area contributed by atoms with Crippen LogP contribution in [-0.2, 0) is 14.8 Å². The van der Waals surface area contributed by atoms with Crippen LogP contribution < -0.4 is 23.8 Å². The molecule has 0 aliphatic carbocycles. The minimum Gasteiger partial charge on any atom is -0.497 e. The van der Waals surface area contributed by atoms with Gasteiger partial charge in [0.1, 0.15) is 23.9 Å². The average Bonchev–Trinajstić information content (AvgIpc) is 2.86. The van der Waals surface area contributed by atoms with Gasteiger partial charge >= 0.3 is 0 Å². The van der Waals surface area contributed by atoms with Gasteiger partial charge in [0.2, 0.25) is 0 Å². The highest BCUT2D eigenvalue weighted by Crippen LogP contribution is 2.36. The molecule has 3 aromatic carbocycles. The number of nitrogens with zero attached hydrogens (tertiary/aromatic N) is 1. The molecule has 1 aliphatic rings. The highest BCUT2D eigenvalue weighted by molar-refractivity contribution is 7.92. The predicted molar refractivity (Wildman–Crippen MR) is 128 cm³/mol. The Morgan fingerprint density at radius 2 is 1.79 bits per heavy atom. The van der Waals surface area contributed by atoms with E-state index in [1.165, 1.54) is 4.31 Å². The van der Waals surface area contributed by atoms with Crippen LogP contribution in [0.2, 0.25) is 0 Å². The summed E-state index contributed by atoms with van der Waals surface area (Å²) in [6.07, 6.45) is -1.01. The zero-order valence-electron chi connectivity index (χ0n) is 18.9. The molecule has 3 aromatic rings. The number of para-hydroxylation sites is 2. The number of aryl methyl sites for hydroxylation is 1. The number of hydrogen-bond donors (Lipinski definition) is 1. The molecule has 9 heteroatoms. The van der Waals surface area contributed by atoms with Gasteiger partial charge in [-0.15, -0.1) is 0 Å². The van der Waals surface area contributed by atoms with E-state index in [1.807, 2.05) is 19.1 Å². The molecule has 0 spiro atoms. The molecule has 0 saturated carbocycles. The van der Waals surface area contributed by atoms with Gasteiger partial charge in [-0.1, -0.05) is 35.9 Å². The van der Waals surface area contributed by atoms with E-state index in [1.54, 1.807) is 67.8 Å². The summed E-state index contributed by atoms with van der Waals surface area (Å²) in [7, 11) is -2.32. The molecule has 1 amide bonds. The molecule has 1 N–H and O–H groups in total. The van der Waals surface area contributed by atoms with Gasteiger partial charge in [0.15, 0.2) is 6.10 Å². The van der Waals surface area contributed by atoms with Gasteiger partial charge in [-0.3, -0.25) is 9.10 Å². The van der Waals surface area contributed by atoms with Gasteiger partial charge in [-0.25, -0.2) is 8.42 Å². The molecule has 1 heterocycles. The van der Waals surface area contributed by atoms with Crippen molar-refractivity contribution in [3.05, 3.63) is 78.4 Å². The lowest BCUT2D eigenvalue weighted by atomic mass is 10.2. The van der Waals surface area contributed by atoms with E-state index in [4.69, 9.17) is 14.2 Å². The summed E-state index contributed by atoms with van der Waals surface area (Å²) >= 11 is 0. The molecule has 0 bridgehead atoms. The first-order valence-electron chi connectivity index (χ1n) is 10.8. The van der Waals surface area contributed by atoms with Crippen molar-refractivity contribution in [3.63, 3.8) is 0 Å². The minimum absolute atomic E-state index is 0.143. The Morgan fingerprint density at radius 1 is 1.06 bits per heavy atom. The summed E-state index contributed by atoms with van der Waals surface area (Å²) in [5, 5.41) is 2.76. The molecule has 0 fully saturated rings. The molecule has 34 heavy (non-hydrogen) atoms. The molecule has 0 saturated heterocycles. The molecular formula is C25H26N2O6S. The smallest absolute Gasteiger partial charge is 0.264 e. The SMILES string of the molecule is COc1cccc(OCCNC(=O)[C@H]2CN(S(=O)(=O)c3ccc(C)cc3)c3ccccc3O2)c1. The van der Waals surface area contributed by atoms with Gasteiger partial charge in [0.05, 0.1) is 30.8 Å². The fourth-order valence-electron chi connectivity index (χ4n) is 3.55. The number of anilines is 1. The molecule has 4 rings (SSSR count). The Hall–Kier alpha value is -3.72. The van der Waals surface area contributed by atoms with Crippen molar-refractivity contribution in [1.29, 1.82) is 0 Å². The van der Waals surface area contributed by atoms with Crippen LogP contribution in [0, 0.1) is 6.92 Å². The zero-order chi connectivity index (χ0) is 24.1. The van der Waals surface area contributed by atoms with E-state index in [-0.39, 0.29) is 24.6 Å². The van der Waals surface area contributed by atoms with E-state index in [2.05, 4.69) is 5.32 Å². The Morgan fingerprint density at radius 3 is 2.56 bits per heavy atom. The number of fused-ring (bicyclic) bond motifs is 1. The van der Waals surface area contributed by atoms with Crippen molar-refractivity contribution in [2.45, 2.75) is 17.9 Å². The van der Waals surface area contributed by atoms with Gasteiger partial charge in [0.25, 0.3) is 15.9 Å². The van der Waals surface area contributed by atoms with Crippen LogP contribution in [-0.4, -0.2) is 47.2 Å². The van der Waals surface area contributed by atoms with E-state index >= 15 is 0 Å². The maximum atomic E-state index is 13.4. The fraction of sp³-hybridized carbons (Fsp3) is 0.240. The highest BCUT2D eigenvalue weighted by atomic mass is 32.2. The minimum atomic E-state index is -3.89. The number of amides is 1. The third kappa shape index (κ3) is 5.09. The summed E-state index contributed by atoms with van der Waals surface area (Å²) in [5.41, 5.74) is 1.35. The van der Waals surface area contributed by atoms with Crippen molar-refractivity contribution in [2.75, 3.05) is 31.1 Å². The second kappa shape index (κ2) is 10.0. The predicted octanol–water partition coefficient (Wildman–Crippen LogP) is 3.16. The normalized spacial score (nSPS) is 15.1. The van der Waals surface area contributed by atoms with Crippen LogP contribution in [0.5, 0.6) is 17.2 Å². The summed E-state index contributed by atoms with van der Waals surface area (Å²) in [4.78, 5) is 13.0. The molecule has 178 valence electrons. The van der Waals surface area contributed by atoms with Gasteiger partial charge in [-0.05, 0) is 43.3 Å². The lowest BCUT2D eigenvalue weighted by molar-refractivity contribution is -0.127. The monoisotopic (exact) mass is 482 g/mol. The number of rotatable bonds is 8. The van der Waals surface area contributed by atoms with Crippen molar-refractivity contribution < 1.29 is 27.4 Å². The standard InChI is InChI=1S/C25H26N2O6S/c1-18-10-12-21(13-11-18)34(29,30)27-17-24(33-23-9-4-3-8-22(23)27)25(28)26-14-15-32-20-7-5-6-19(16-20)31-2/h3-13,16,24H,14-15,17H2,1-2H3,(H,26,28)/t24-/m1/s1. The second-order valence-corrected chi connectivity index (χ2v) is 9.60. The highest BCUT2D eigenvalue weighted by Gasteiger charge is 2.37. The zero-order valence-corrected chi connectivity index (χ0v) is 19.7. The number of sulfonamides is 1.